The van der Waals surface area contributed by atoms with Crippen molar-refractivity contribution < 1.29 is 9.84 Å². The van der Waals surface area contributed by atoms with Crippen LogP contribution in [0.4, 0.5) is 0 Å². The predicted octanol–water partition coefficient (Wildman–Crippen LogP) is 5.84. The number of para-hydroxylation sites is 1. The van der Waals surface area contributed by atoms with Crippen molar-refractivity contribution in [2.24, 2.45) is 0 Å². The molecule has 2 atom stereocenters. The Bertz CT molecular complexity index is 903. The van der Waals surface area contributed by atoms with Crippen LogP contribution in [-0.4, -0.2) is 5.11 Å². The topological polar surface area (TPSA) is 29.5 Å². The molecule has 1 N–H and O–H groups in total. The van der Waals surface area contributed by atoms with Crippen molar-refractivity contribution in [2.75, 3.05) is 0 Å². The van der Waals surface area contributed by atoms with Gasteiger partial charge in [0.05, 0.1) is 6.61 Å². The minimum atomic E-state index is 0.0793. The van der Waals surface area contributed by atoms with Crippen LogP contribution in [0.2, 0.25) is 0 Å². The third-order valence-corrected chi connectivity index (χ3v) is 6.02. The van der Waals surface area contributed by atoms with Crippen LogP contribution in [0.5, 0.6) is 5.75 Å². The highest BCUT2D eigenvalue weighted by molar-refractivity contribution is 8.02. The summed E-state index contributed by atoms with van der Waals surface area (Å²) in [6.07, 6.45) is 2.26. The zero-order valence-corrected chi connectivity index (χ0v) is 15.8. The molecule has 3 heteroatoms. The van der Waals surface area contributed by atoms with Crippen LogP contribution in [-0.2, 0) is 13.2 Å². The summed E-state index contributed by atoms with van der Waals surface area (Å²) in [4.78, 5) is 0. The Hall–Kier alpha value is -2.49. The summed E-state index contributed by atoms with van der Waals surface area (Å²) in [6.45, 7) is 0.646. The van der Waals surface area contributed by atoms with Gasteiger partial charge in [0, 0.05) is 16.7 Å². The first kappa shape index (κ1) is 17.9. The van der Waals surface area contributed by atoms with Crippen LogP contribution in [0.15, 0.2) is 90.3 Å². The molecule has 0 aromatic heterocycles. The molecule has 27 heavy (non-hydrogen) atoms. The van der Waals surface area contributed by atoms with Crippen molar-refractivity contribution in [1.82, 2.24) is 0 Å². The molecule has 0 aliphatic carbocycles. The van der Waals surface area contributed by atoms with E-state index in [1.54, 1.807) is 0 Å². The van der Waals surface area contributed by atoms with Crippen LogP contribution in [0.25, 0.3) is 0 Å². The van der Waals surface area contributed by atoms with Gasteiger partial charge in [0.1, 0.15) is 12.4 Å². The molecule has 136 valence electrons. The smallest absolute Gasteiger partial charge is 0.123 e. The molecule has 2 nitrogen and oxygen atoms in total. The molecule has 0 saturated heterocycles. The zero-order valence-electron chi connectivity index (χ0n) is 15.0. The second-order valence-electron chi connectivity index (χ2n) is 6.62. The first-order valence-corrected chi connectivity index (χ1v) is 10.1. The third kappa shape index (κ3) is 4.10. The number of allylic oxidation sites excluding steroid dienone is 1. The van der Waals surface area contributed by atoms with Gasteiger partial charge in [-0.2, -0.15) is 0 Å². The molecule has 1 heterocycles. The maximum atomic E-state index is 9.28. The Kier molecular flexibility index (Phi) is 5.61. The van der Waals surface area contributed by atoms with E-state index in [-0.39, 0.29) is 12.5 Å². The second-order valence-corrected chi connectivity index (χ2v) is 7.67. The van der Waals surface area contributed by atoms with Gasteiger partial charge in [0.25, 0.3) is 0 Å². The first-order valence-electron chi connectivity index (χ1n) is 9.12. The average molecular weight is 375 g/mol. The Balaban J connectivity index is 1.57. The molecule has 4 rings (SSSR count). The number of ether oxygens (including phenoxy) is 1. The molecule has 1 aliphatic heterocycles. The summed E-state index contributed by atoms with van der Waals surface area (Å²) in [7, 11) is 0. The van der Waals surface area contributed by atoms with Crippen molar-refractivity contribution >= 4 is 11.8 Å². The van der Waals surface area contributed by atoms with Gasteiger partial charge < -0.3 is 9.84 Å². The second kappa shape index (κ2) is 8.47. The Morgan fingerprint density at radius 2 is 1.56 bits per heavy atom. The normalized spacial score (nSPS) is 18.6. The molecule has 0 spiro atoms. The molecule has 0 amide bonds. The predicted molar refractivity (Wildman–Crippen MR) is 112 cm³/mol. The molecular weight excluding hydrogens is 352 g/mol. The van der Waals surface area contributed by atoms with Crippen LogP contribution in [0.3, 0.4) is 0 Å². The van der Waals surface area contributed by atoms with Gasteiger partial charge in [-0.05, 0) is 28.2 Å². The van der Waals surface area contributed by atoms with Crippen LogP contribution in [0.1, 0.15) is 33.4 Å². The molecule has 0 fully saturated rings. The Labute approximate surface area is 164 Å². The van der Waals surface area contributed by atoms with Gasteiger partial charge in [-0.15, -0.1) is 11.8 Å². The number of aliphatic hydroxyl groups excluding tert-OH is 1. The SMILES string of the molecule is OCc1ccc(C2SC=CC2c2ccccc2OCc2ccccc2)cc1. The minimum Gasteiger partial charge on any atom is -0.489 e. The van der Waals surface area contributed by atoms with Crippen LogP contribution >= 0.6 is 11.8 Å². The monoisotopic (exact) mass is 374 g/mol. The van der Waals surface area contributed by atoms with Crippen molar-refractivity contribution in [3.8, 4) is 5.75 Å². The largest absolute Gasteiger partial charge is 0.489 e. The number of hydrogen-bond donors (Lipinski definition) is 1. The van der Waals surface area contributed by atoms with E-state index in [0.717, 1.165) is 11.3 Å². The lowest BCUT2D eigenvalue weighted by molar-refractivity contribution is 0.282. The lowest BCUT2D eigenvalue weighted by Crippen LogP contribution is -2.06. The fourth-order valence-electron chi connectivity index (χ4n) is 3.39. The van der Waals surface area contributed by atoms with Gasteiger partial charge in [-0.1, -0.05) is 78.9 Å². The van der Waals surface area contributed by atoms with E-state index in [1.165, 1.54) is 16.7 Å². The Morgan fingerprint density at radius 1 is 0.815 bits per heavy atom. The minimum absolute atomic E-state index is 0.0793. The molecule has 0 radical (unpaired) electrons. The molecular formula is C24H22O2S. The van der Waals surface area contributed by atoms with Crippen molar-refractivity contribution in [3.05, 3.63) is 113 Å². The van der Waals surface area contributed by atoms with Crippen LogP contribution in [0, 0.1) is 0 Å². The maximum Gasteiger partial charge on any atom is 0.123 e. The van der Waals surface area contributed by atoms with Crippen molar-refractivity contribution in [2.45, 2.75) is 24.4 Å². The fraction of sp³-hybridized carbons (Fsp3) is 0.167. The van der Waals surface area contributed by atoms with E-state index in [9.17, 15) is 5.11 Å². The van der Waals surface area contributed by atoms with E-state index in [4.69, 9.17) is 4.74 Å². The summed E-state index contributed by atoms with van der Waals surface area (Å²) in [5.41, 5.74) is 4.59. The van der Waals surface area contributed by atoms with Gasteiger partial charge in [0.15, 0.2) is 0 Å². The highest BCUT2D eigenvalue weighted by Gasteiger charge is 2.28. The lowest BCUT2D eigenvalue weighted by atomic mass is 9.90. The average Bonchev–Trinajstić information content (AvgIpc) is 3.23. The lowest BCUT2D eigenvalue weighted by Gasteiger charge is -2.22. The molecule has 3 aromatic carbocycles. The summed E-state index contributed by atoms with van der Waals surface area (Å²) >= 11 is 1.84. The highest BCUT2D eigenvalue weighted by atomic mass is 32.2. The number of rotatable bonds is 6. The van der Waals surface area contributed by atoms with Gasteiger partial charge >= 0.3 is 0 Å². The number of aliphatic hydroxyl groups is 1. The number of thioether (sulfide) groups is 1. The van der Waals surface area contributed by atoms with E-state index in [1.807, 2.05) is 48.2 Å². The maximum absolute atomic E-state index is 9.28. The highest BCUT2D eigenvalue weighted by Crippen LogP contribution is 2.50. The standard InChI is InChI=1S/C24H22O2S/c25-16-18-10-12-20(13-11-18)24-22(14-15-27-24)21-8-4-5-9-23(21)26-17-19-6-2-1-3-7-19/h1-15,22,24-25H,16-17H2. The molecule has 0 saturated carbocycles. The molecule has 2 unspecified atom stereocenters. The van der Waals surface area contributed by atoms with E-state index in [0.29, 0.717) is 11.9 Å². The quantitative estimate of drug-likeness (QED) is 0.587. The van der Waals surface area contributed by atoms with Gasteiger partial charge in [-0.3, -0.25) is 0 Å². The number of hydrogen-bond acceptors (Lipinski definition) is 3. The van der Waals surface area contributed by atoms with Crippen molar-refractivity contribution in [1.29, 1.82) is 0 Å². The van der Waals surface area contributed by atoms with E-state index < -0.39 is 0 Å². The summed E-state index contributed by atoms with van der Waals surface area (Å²) in [5, 5.41) is 11.8. The summed E-state index contributed by atoms with van der Waals surface area (Å²) in [5.74, 6) is 1.21. The molecule has 3 aromatic rings. The molecule has 0 bridgehead atoms. The van der Waals surface area contributed by atoms with Crippen LogP contribution < -0.4 is 4.74 Å². The van der Waals surface area contributed by atoms with E-state index in [2.05, 4.69) is 53.9 Å². The number of benzene rings is 3. The summed E-state index contributed by atoms with van der Waals surface area (Å²) in [6, 6.07) is 26.8. The molecule has 1 aliphatic rings. The third-order valence-electron chi connectivity index (χ3n) is 4.84. The van der Waals surface area contributed by atoms with Gasteiger partial charge in [-0.25, -0.2) is 0 Å². The summed E-state index contributed by atoms with van der Waals surface area (Å²) < 4.78 is 6.18. The van der Waals surface area contributed by atoms with Gasteiger partial charge in [0.2, 0.25) is 0 Å². The fourth-order valence-corrected chi connectivity index (χ4v) is 4.54. The Morgan fingerprint density at radius 3 is 2.33 bits per heavy atom. The first-order chi connectivity index (χ1) is 13.3. The zero-order chi connectivity index (χ0) is 18.5. The van der Waals surface area contributed by atoms with Crippen molar-refractivity contribution in [3.63, 3.8) is 0 Å². The van der Waals surface area contributed by atoms with E-state index >= 15 is 0 Å².